The van der Waals surface area contributed by atoms with Crippen LogP contribution in [0.5, 0.6) is 0 Å². The smallest absolute Gasteiger partial charge is 0.335 e. The van der Waals surface area contributed by atoms with Gasteiger partial charge >= 0.3 is 5.97 Å². The normalized spacial score (nSPS) is 11.2. The van der Waals surface area contributed by atoms with Gasteiger partial charge in [-0.1, -0.05) is 24.3 Å². The molecule has 0 aliphatic carbocycles. The second kappa shape index (κ2) is 7.67. The van der Waals surface area contributed by atoms with Gasteiger partial charge in [0.05, 0.1) is 17.0 Å². The molecule has 0 aliphatic rings. The zero-order valence-corrected chi connectivity index (χ0v) is 15.5. The van der Waals surface area contributed by atoms with Crippen molar-refractivity contribution in [3.8, 4) is 0 Å². The molecule has 26 heavy (non-hydrogen) atoms. The first-order valence-corrected chi connectivity index (χ1v) is 9.30. The molecule has 8 heteroatoms. The maximum atomic E-state index is 12.3. The van der Waals surface area contributed by atoms with Crippen molar-refractivity contribution in [2.24, 2.45) is 0 Å². The average molecular weight is 376 g/mol. The summed E-state index contributed by atoms with van der Waals surface area (Å²) in [5, 5.41) is 11.8. The van der Waals surface area contributed by atoms with Crippen molar-refractivity contribution >= 4 is 27.6 Å². The second-order valence-corrected chi connectivity index (χ2v) is 7.69. The third kappa shape index (κ3) is 4.47. The number of nitrogens with one attached hydrogen (secondary N) is 2. The van der Waals surface area contributed by atoms with Crippen LogP contribution in [0.1, 0.15) is 27.0 Å². The quantitative estimate of drug-likeness (QED) is 0.716. The van der Waals surface area contributed by atoms with Crippen molar-refractivity contribution in [2.45, 2.75) is 25.7 Å². The summed E-state index contributed by atoms with van der Waals surface area (Å²) < 4.78 is 26.8. The number of carbonyl (C=O) groups is 2. The number of carbonyl (C=O) groups excluding carboxylic acids is 1. The van der Waals surface area contributed by atoms with Crippen molar-refractivity contribution in [3.63, 3.8) is 0 Å². The first-order valence-electron chi connectivity index (χ1n) is 7.81. The Morgan fingerprint density at radius 3 is 2.19 bits per heavy atom. The van der Waals surface area contributed by atoms with E-state index in [4.69, 9.17) is 5.11 Å². The van der Waals surface area contributed by atoms with Crippen molar-refractivity contribution < 1.29 is 23.1 Å². The first-order chi connectivity index (χ1) is 12.1. The van der Waals surface area contributed by atoms with Crippen molar-refractivity contribution in [3.05, 3.63) is 58.7 Å². The summed E-state index contributed by atoms with van der Waals surface area (Å²) in [7, 11) is -4.01. The van der Waals surface area contributed by atoms with Gasteiger partial charge in [-0.2, -0.15) is 0 Å². The van der Waals surface area contributed by atoms with E-state index >= 15 is 0 Å². The van der Waals surface area contributed by atoms with Crippen molar-refractivity contribution in [1.82, 2.24) is 4.72 Å². The van der Waals surface area contributed by atoms with Gasteiger partial charge in [0.2, 0.25) is 15.9 Å². The lowest BCUT2D eigenvalue weighted by Gasteiger charge is -2.12. The Morgan fingerprint density at radius 2 is 1.62 bits per heavy atom. The van der Waals surface area contributed by atoms with E-state index in [2.05, 4.69) is 10.0 Å². The lowest BCUT2D eigenvalue weighted by Crippen LogP contribution is -2.33. The lowest BCUT2D eigenvalue weighted by atomic mass is 10.1. The number of para-hydroxylation sites is 1. The minimum absolute atomic E-state index is 0.104. The number of rotatable bonds is 6. The molecule has 0 fully saturated rings. The summed E-state index contributed by atoms with van der Waals surface area (Å²) in [6.45, 7) is 4.79. The fourth-order valence-corrected chi connectivity index (χ4v) is 3.45. The highest BCUT2D eigenvalue weighted by atomic mass is 32.2. The predicted molar refractivity (Wildman–Crippen MR) is 97.9 cm³/mol. The van der Waals surface area contributed by atoms with Crippen LogP contribution in [0, 0.1) is 20.8 Å². The minimum Gasteiger partial charge on any atom is -0.478 e. The Bertz CT molecular complexity index is 947. The highest BCUT2D eigenvalue weighted by Crippen LogP contribution is 2.19. The van der Waals surface area contributed by atoms with Gasteiger partial charge in [0.15, 0.2) is 0 Å². The molecule has 2 aromatic rings. The molecule has 3 N–H and O–H groups in total. The number of carboxylic acid groups (broad SMARTS) is 1. The molecule has 0 unspecified atom stereocenters. The van der Waals surface area contributed by atoms with E-state index in [1.807, 2.05) is 32.0 Å². The van der Waals surface area contributed by atoms with Gasteiger partial charge in [0.25, 0.3) is 0 Å². The molecule has 0 bridgehead atoms. The number of anilines is 1. The molecule has 2 rings (SSSR count). The van der Waals surface area contributed by atoms with Crippen LogP contribution >= 0.6 is 0 Å². The van der Waals surface area contributed by atoms with Gasteiger partial charge in [-0.05, 0) is 49.6 Å². The molecule has 7 nitrogen and oxygen atoms in total. The number of amides is 1. The van der Waals surface area contributed by atoms with E-state index in [9.17, 15) is 18.0 Å². The highest BCUT2D eigenvalue weighted by molar-refractivity contribution is 7.89. The Morgan fingerprint density at radius 1 is 1.00 bits per heavy atom. The summed E-state index contributed by atoms with van der Waals surface area (Å²) in [6.07, 6.45) is 0. The molecule has 0 aromatic heterocycles. The highest BCUT2D eigenvalue weighted by Gasteiger charge is 2.19. The minimum atomic E-state index is -4.01. The van der Waals surface area contributed by atoms with Crippen molar-refractivity contribution in [1.29, 1.82) is 0 Å². The largest absolute Gasteiger partial charge is 0.478 e. The van der Waals surface area contributed by atoms with Crippen molar-refractivity contribution in [2.75, 3.05) is 11.9 Å². The maximum Gasteiger partial charge on any atom is 0.335 e. The van der Waals surface area contributed by atoms with Gasteiger partial charge < -0.3 is 10.4 Å². The van der Waals surface area contributed by atoms with Crippen LogP contribution in [0.25, 0.3) is 0 Å². The fraction of sp³-hybridized carbons (Fsp3) is 0.222. The topological polar surface area (TPSA) is 113 Å². The third-order valence-electron chi connectivity index (χ3n) is 3.92. The summed E-state index contributed by atoms with van der Waals surface area (Å²) in [4.78, 5) is 23.0. The van der Waals surface area contributed by atoms with Crippen LogP contribution in [0.3, 0.4) is 0 Å². The van der Waals surface area contributed by atoms with Gasteiger partial charge in [-0.25, -0.2) is 17.9 Å². The van der Waals surface area contributed by atoms with E-state index in [1.165, 1.54) is 12.1 Å². The van der Waals surface area contributed by atoms with E-state index in [0.717, 1.165) is 17.2 Å². The number of aromatic carboxylic acids is 1. The van der Waals surface area contributed by atoms with Crippen LogP contribution in [-0.4, -0.2) is 31.9 Å². The van der Waals surface area contributed by atoms with Gasteiger partial charge in [-0.3, -0.25) is 4.79 Å². The SMILES string of the molecule is Cc1ccc(S(=O)(=O)NCC(=O)Nc2c(C)cccc2C)cc1C(=O)O. The Balaban J connectivity index is 2.12. The van der Waals surface area contributed by atoms with Crippen LogP contribution in [0.4, 0.5) is 5.69 Å². The van der Waals surface area contributed by atoms with Crippen LogP contribution < -0.4 is 10.0 Å². The van der Waals surface area contributed by atoms with Gasteiger partial charge in [0.1, 0.15) is 0 Å². The molecule has 1 amide bonds. The molecular formula is C18H20N2O5S. The molecular weight excluding hydrogens is 356 g/mol. The second-order valence-electron chi connectivity index (χ2n) is 5.92. The number of aryl methyl sites for hydroxylation is 3. The molecule has 0 saturated carbocycles. The molecule has 0 saturated heterocycles. The summed E-state index contributed by atoms with van der Waals surface area (Å²) >= 11 is 0. The molecule has 0 atom stereocenters. The van der Waals surface area contributed by atoms with Crippen LogP contribution in [0.2, 0.25) is 0 Å². The molecule has 0 radical (unpaired) electrons. The van der Waals surface area contributed by atoms with E-state index in [1.54, 1.807) is 6.92 Å². The average Bonchev–Trinajstić information content (AvgIpc) is 2.56. The lowest BCUT2D eigenvalue weighted by molar-refractivity contribution is -0.115. The molecule has 0 aliphatic heterocycles. The first kappa shape index (κ1) is 19.6. The van der Waals surface area contributed by atoms with Gasteiger partial charge in [-0.15, -0.1) is 0 Å². The zero-order valence-electron chi connectivity index (χ0n) is 14.7. The van der Waals surface area contributed by atoms with E-state index in [-0.39, 0.29) is 10.5 Å². The summed E-state index contributed by atoms with van der Waals surface area (Å²) in [6, 6.07) is 9.32. The fourth-order valence-electron chi connectivity index (χ4n) is 2.44. The number of sulfonamides is 1. The monoisotopic (exact) mass is 376 g/mol. The number of hydrogen-bond acceptors (Lipinski definition) is 4. The summed E-state index contributed by atoms with van der Waals surface area (Å²) in [5.41, 5.74) is 2.72. The van der Waals surface area contributed by atoms with Crippen LogP contribution in [-0.2, 0) is 14.8 Å². The number of hydrogen-bond donors (Lipinski definition) is 3. The molecule has 0 heterocycles. The predicted octanol–water partition coefficient (Wildman–Crippen LogP) is 2.23. The molecule has 138 valence electrons. The summed E-state index contributed by atoms with van der Waals surface area (Å²) in [5.74, 6) is -1.73. The zero-order chi connectivity index (χ0) is 19.5. The maximum absolute atomic E-state index is 12.3. The Hall–Kier alpha value is -2.71. The Labute approximate surface area is 152 Å². The standard InChI is InChI=1S/C18H20N2O5S/c1-11-7-8-14(9-15(11)18(22)23)26(24,25)19-10-16(21)20-17-12(2)5-4-6-13(17)3/h4-9,19H,10H2,1-3H3,(H,20,21)(H,22,23). The molecule has 0 spiro atoms. The number of carboxylic acids is 1. The Kier molecular flexibility index (Phi) is 5.79. The van der Waals surface area contributed by atoms with Gasteiger partial charge in [0, 0.05) is 5.69 Å². The third-order valence-corrected chi connectivity index (χ3v) is 5.32. The van der Waals surface area contributed by atoms with E-state index in [0.29, 0.717) is 11.3 Å². The molecule has 2 aromatic carbocycles. The van der Waals surface area contributed by atoms with Crippen LogP contribution in [0.15, 0.2) is 41.3 Å². The number of benzene rings is 2. The van der Waals surface area contributed by atoms with E-state index < -0.39 is 28.4 Å².